The van der Waals surface area contributed by atoms with Gasteiger partial charge in [-0.15, -0.1) is 0 Å². The highest BCUT2D eigenvalue weighted by molar-refractivity contribution is 7.89. The first-order valence-corrected chi connectivity index (χ1v) is 10.7. The molecule has 12 heteroatoms. The number of hydrogen-bond acceptors (Lipinski definition) is 7. The maximum atomic E-state index is 12.8. The van der Waals surface area contributed by atoms with Crippen molar-refractivity contribution < 1.29 is 26.3 Å². The molecular weight excluding hydrogens is 423 g/mol. The quantitative estimate of drug-likeness (QED) is 0.630. The van der Waals surface area contributed by atoms with Gasteiger partial charge in [-0.25, -0.2) is 23.1 Å². The molecule has 2 aromatic rings. The van der Waals surface area contributed by atoms with E-state index in [1.54, 1.807) is 13.0 Å². The minimum Gasteiger partial charge on any atom is -0.378 e. The first kappa shape index (κ1) is 22.2. The fourth-order valence-electron chi connectivity index (χ4n) is 2.90. The second kappa shape index (κ2) is 9.14. The fourth-order valence-corrected chi connectivity index (χ4v) is 3.97. The van der Waals surface area contributed by atoms with Gasteiger partial charge in [0.1, 0.15) is 17.5 Å². The molecule has 0 spiro atoms. The molecule has 0 atom stereocenters. The van der Waals surface area contributed by atoms with Gasteiger partial charge in [0.15, 0.2) is 0 Å². The van der Waals surface area contributed by atoms with E-state index in [0.29, 0.717) is 44.0 Å². The third kappa shape index (κ3) is 5.80. The van der Waals surface area contributed by atoms with Gasteiger partial charge in [-0.2, -0.15) is 13.2 Å². The highest BCUT2D eigenvalue weighted by Crippen LogP contribution is 2.30. The van der Waals surface area contributed by atoms with Gasteiger partial charge in [0.2, 0.25) is 10.0 Å². The molecule has 1 fully saturated rings. The Kier molecular flexibility index (Phi) is 6.78. The van der Waals surface area contributed by atoms with Gasteiger partial charge in [-0.1, -0.05) is 6.07 Å². The first-order valence-electron chi connectivity index (χ1n) is 9.24. The lowest BCUT2D eigenvalue weighted by atomic mass is 10.2. The van der Waals surface area contributed by atoms with Crippen LogP contribution in [0.1, 0.15) is 11.4 Å². The van der Waals surface area contributed by atoms with E-state index in [-0.39, 0.29) is 13.1 Å². The maximum Gasteiger partial charge on any atom is 0.416 e. The third-order valence-electron chi connectivity index (χ3n) is 4.35. The number of morpholine rings is 1. The van der Waals surface area contributed by atoms with Crippen LogP contribution in [0.5, 0.6) is 0 Å². The molecule has 1 aromatic carbocycles. The zero-order valence-corrected chi connectivity index (χ0v) is 17.1. The number of hydrogen-bond donors (Lipinski definition) is 2. The number of alkyl halides is 3. The van der Waals surface area contributed by atoms with E-state index >= 15 is 0 Å². The topological polar surface area (TPSA) is 96.5 Å². The SMILES string of the molecule is Cc1nc(NCCNS(=O)(=O)c2cccc(C(F)(F)F)c2)cc(N2CCOCC2)n1. The molecule has 0 aliphatic carbocycles. The number of nitrogens with zero attached hydrogens (tertiary/aromatic N) is 3. The largest absolute Gasteiger partial charge is 0.416 e. The van der Waals surface area contributed by atoms with E-state index in [9.17, 15) is 21.6 Å². The zero-order valence-electron chi connectivity index (χ0n) is 16.2. The molecule has 1 aliphatic rings. The van der Waals surface area contributed by atoms with E-state index in [0.717, 1.165) is 24.0 Å². The molecule has 0 amide bonds. The monoisotopic (exact) mass is 445 g/mol. The molecule has 30 heavy (non-hydrogen) atoms. The van der Waals surface area contributed by atoms with E-state index in [2.05, 4.69) is 24.9 Å². The van der Waals surface area contributed by atoms with Crippen molar-refractivity contribution in [3.8, 4) is 0 Å². The molecule has 0 saturated carbocycles. The molecule has 2 N–H and O–H groups in total. The average Bonchev–Trinajstić information content (AvgIpc) is 2.71. The molecule has 0 bridgehead atoms. The van der Waals surface area contributed by atoms with Crippen LogP contribution in [-0.4, -0.2) is 57.8 Å². The van der Waals surface area contributed by atoms with Crippen LogP contribution < -0.4 is 14.9 Å². The summed E-state index contributed by atoms with van der Waals surface area (Å²) in [5.74, 6) is 1.84. The summed E-state index contributed by atoms with van der Waals surface area (Å²) in [7, 11) is -4.08. The van der Waals surface area contributed by atoms with Crippen LogP contribution in [-0.2, 0) is 20.9 Å². The molecule has 3 rings (SSSR count). The second-order valence-corrected chi connectivity index (χ2v) is 8.38. The number of aromatic nitrogens is 2. The van der Waals surface area contributed by atoms with Gasteiger partial charge in [-0.05, 0) is 25.1 Å². The van der Waals surface area contributed by atoms with Crippen LogP contribution >= 0.6 is 0 Å². The lowest BCUT2D eigenvalue weighted by molar-refractivity contribution is -0.137. The summed E-state index contributed by atoms with van der Waals surface area (Å²) < 4.78 is 70.6. The van der Waals surface area contributed by atoms with Gasteiger partial charge in [0, 0.05) is 32.2 Å². The van der Waals surface area contributed by atoms with Crippen molar-refractivity contribution in [1.29, 1.82) is 0 Å². The highest BCUT2D eigenvalue weighted by Gasteiger charge is 2.31. The van der Waals surface area contributed by atoms with Crippen LogP contribution in [0.25, 0.3) is 0 Å². The molecule has 0 radical (unpaired) electrons. The van der Waals surface area contributed by atoms with Gasteiger partial charge in [-0.3, -0.25) is 0 Å². The number of sulfonamides is 1. The van der Waals surface area contributed by atoms with Gasteiger partial charge in [0.25, 0.3) is 0 Å². The maximum absolute atomic E-state index is 12.8. The normalized spacial score (nSPS) is 15.3. The molecule has 0 unspecified atom stereocenters. The predicted octanol–water partition coefficient (Wildman–Crippen LogP) is 2.03. The number of benzene rings is 1. The lowest BCUT2D eigenvalue weighted by Gasteiger charge is -2.28. The lowest BCUT2D eigenvalue weighted by Crippen LogP contribution is -2.37. The minimum atomic E-state index is -4.61. The molecule has 1 aliphatic heterocycles. The molecule has 1 aromatic heterocycles. The summed E-state index contributed by atoms with van der Waals surface area (Å²) in [5, 5.41) is 3.01. The zero-order chi connectivity index (χ0) is 21.8. The van der Waals surface area contributed by atoms with Crippen molar-refractivity contribution in [3.05, 3.63) is 41.7 Å². The number of anilines is 2. The third-order valence-corrected chi connectivity index (χ3v) is 5.81. The molecule has 2 heterocycles. The average molecular weight is 445 g/mol. The number of aryl methyl sites for hydroxylation is 1. The Balaban J connectivity index is 1.59. The summed E-state index contributed by atoms with van der Waals surface area (Å²) in [6, 6.07) is 5.38. The van der Waals surface area contributed by atoms with Crippen molar-refractivity contribution in [2.75, 3.05) is 49.6 Å². The van der Waals surface area contributed by atoms with Crippen molar-refractivity contribution in [2.24, 2.45) is 0 Å². The minimum absolute atomic E-state index is 0.0332. The Morgan fingerprint density at radius 1 is 1.13 bits per heavy atom. The van der Waals surface area contributed by atoms with Crippen LogP contribution in [0.2, 0.25) is 0 Å². The summed E-state index contributed by atoms with van der Waals surface area (Å²) in [6.45, 7) is 4.57. The fraction of sp³-hybridized carbons (Fsp3) is 0.444. The molecule has 1 saturated heterocycles. The van der Waals surface area contributed by atoms with Crippen LogP contribution in [0, 0.1) is 6.92 Å². The van der Waals surface area contributed by atoms with Crippen LogP contribution in [0.4, 0.5) is 24.8 Å². The first-order chi connectivity index (χ1) is 14.1. The Labute approximate surface area is 172 Å². The molecular formula is C18H22F3N5O3S. The van der Waals surface area contributed by atoms with E-state index in [1.165, 1.54) is 0 Å². The predicted molar refractivity (Wildman–Crippen MR) is 105 cm³/mol. The Bertz CT molecular complexity index is 979. The summed E-state index contributed by atoms with van der Waals surface area (Å²) in [5.41, 5.74) is -1.02. The van der Waals surface area contributed by atoms with Gasteiger partial charge < -0.3 is 15.0 Å². The van der Waals surface area contributed by atoms with Crippen molar-refractivity contribution in [3.63, 3.8) is 0 Å². The Hall–Kier alpha value is -2.44. The summed E-state index contributed by atoms with van der Waals surface area (Å²) in [4.78, 5) is 10.3. The van der Waals surface area contributed by atoms with Crippen LogP contribution in [0.15, 0.2) is 35.2 Å². The number of ether oxygens (including phenoxy) is 1. The van der Waals surface area contributed by atoms with Gasteiger partial charge >= 0.3 is 6.18 Å². The standard InChI is InChI=1S/C18H22F3N5O3S/c1-13-24-16(12-17(25-13)26-7-9-29-10-8-26)22-5-6-23-30(27,28)15-4-2-3-14(11-15)18(19,20)21/h2-4,11-12,23H,5-10H2,1H3,(H,22,24,25). The number of nitrogens with one attached hydrogen (secondary N) is 2. The number of rotatable bonds is 7. The van der Waals surface area contributed by atoms with Crippen molar-refractivity contribution >= 4 is 21.7 Å². The highest BCUT2D eigenvalue weighted by atomic mass is 32.2. The Morgan fingerprint density at radius 2 is 1.87 bits per heavy atom. The molecule has 164 valence electrons. The number of halogens is 3. The van der Waals surface area contributed by atoms with E-state index < -0.39 is 26.7 Å². The van der Waals surface area contributed by atoms with E-state index in [1.807, 2.05) is 0 Å². The molecule has 8 nitrogen and oxygen atoms in total. The Morgan fingerprint density at radius 3 is 2.57 bits per heavy atom. The van der Waals surface area contributed by atoms with Crippen LogP contribution in [0.3, 0.4) is 0 Å². The van der Waals surface area contributed by atoms with E-state index in [4.69, 9.17) is 4.74 Å². The van der Waals surface area contributed by atoms with Crippen molar-refractivity contribution in [2.45, 2.75) is 18.0 Å². The summed E-state index contributed by atoms with van der Waals surface area (Å²) in [6.07, 6.45) is -4.61. The smallest absolute Gasteiger partial charge is 0.378 e. The second-order valence-electron chi connectivity index (χ2n) is 6.61. The summed E-state index contributed by atoms with van der Waals surface area (Å²) >= 11 is 0. The van der Waals surface area contributed by atoms with Crippen molar-refractivity contribution in [1.82, 2.24) is 14.7 Å². The van der Waals surface area contributed by atoms with Gasteiger partial charge in [0.05, 0.1) is 23.7 Å².